The molecule has 1 amide bonds. The Bertz CT molecular complexity index is 487. The molecule has 110 valence electrons. The fourth-order valence-corrected chi connectivity index (χ4v) is 2.68. The highest BCUT2D eigenvalue weighted by molar-refractivity contribution is 6.31. The molecule has 1 fully saturated rings. The van der Waals surface area contributed by atoms with Crippen molar-refractivity contribution in [2.24, 2.45) is 0 Å². The molecule has 1 aliphatic heterocycles. The van der Waals surface area contributed by atoms with Crippen LogP contribution >= 0.6 is 11.6 Å². The Morgan fingerprint density at radius 2 is 2.30 bits per heavy atom. The summed E-state index contributed by atoms with van der Waals surface area (Å²) in [6.45, 7) is 5.46. The Kier molecular flexibility index (Phi) is 5.00. The zero-order valence-electron chi connectivity index (χ0n) is 11.8. The van der Waals surface area contributed by atoms with E-state index in [1.165, 1.54) is 12.1 Å². The highest BCUT2D eigenvalue weighted by atomic mass is 35.5. The lowest BCUT2D eigenvalue weighted by Crippen LogP contribution is -2.45. The number of hydrogen-bond donors (Lipinski definition) is 1. The number of amides is 1. The predicted molar refractivity (Wildman–Crippen MR) is 78.6 cm³/mol. The van der Waals surface area contributed by atoms with Crippen LogP contribution < -0.4 is 5.32 Å². The third-order valence-corrected chi connectivity index (χ3v) is 3.94. The minimum absolute atomic E-state index is 0.0152. The number of carbonyl (C=O) groups excluding carboxylic acids is 1. The van der Waals surface area contributed by atoms with Crippen LogP contribution in [0.5, 0.6) is 0 Å². The highest BCUT2D eigenvalue weighted by Crippen LogP contribution is 2.21. The SMILES string of the molecule is CC(C)N(CC1CCCN1)C(=O)c1cccc(Cl)c1F. The molecule has 1 aromatic carbocycles. The molecular formula is C15H20ClFN2O. The van der Waals surface area contributed by atoms with Crippen LogP contribution in [0.15, 0.2) is 18.2 Å². The van der Waals surface area contributed by atoms with Crippen LogP contribution in [0, 0.1) is 5.82 Å². The zero-order valence-corrected chi connectivity index (χ0v) is 12.6. The molecular weight excluding hydrogens is 279 g/mol. The maximum Gasteiger partial charge on any atom is 0.257 e. The lowest BCUT2D eigenvalue weighted by atomic mass is 10.1. The molecule has 0 aromatic heterocycles. The maximum absolute atomic E-state index is 14.0. The van der Waals surface area contributed by atoms with Gasteiger partial charge in [0.25, 0.3) is 5.91 Å². The molecule has 0 saturated carbocycles. The second-order valence-corrected chi connectivity index (χ2v) is 5.85. The van der Waals surface area contributed by atoms with Crippen LogP contribution in [0.3, 0.4) is 0 Å². The van der Waals surface area contributed by atoms with Gasteiger partial charge in [-0.05, 0) is 45.4 Å². The molecule has 1 saturated heterocycles. The molecule has 2 rings (SSSR count). The van der Waals surface area contributed by atoms with Gasteiger partial charge in [-0.3, -0.25) is 4.79 Å². The molecule has 0 radical (unpaired) electrons. The van der Waals surface area contributed by atoms with Gasteiger partial charge in [0.1, 0.15) is 0 Å². The first kappa shape index (κ1) is 15.3. The maximum atomic E-state index is 14.0. The van der Waals surface area contributed by atoms with Crippen molar-refractivity contribution in [3.05, 3.63) is 34.6 Å². The summed E-state index contributed by atoms with van der Waals surface area (Å²) in [7, 11) is 0. The molecule has 0 aliphatic carbocycles. The van der Waals surface area contributed by atoms with Crippen molar-refractivity contribution in [1.29, 1.82) is 0 Å². The topological polar surface area (TPSA) is 32.3 Å². The first-order valence-electron chi connectivity index (χ1n) is 6.99. The molecule has 1 heterocycles. The molecule has 20 heavy (non-hydrogen) atoms. The van der Waals surface area contributed by atoms with Crippen LogP contribution in [0.2, 0.25) is 5.02 Å². The molecule has 0 spiro atoms. The number of nitrogens with one attached hydrogen (secondary N) is 1. The van der Waals surface area contributed by atoms with E-state index in [0.717, 1.165) is 19.4 Å². The molecule has 1 atom stereocenters. The Morgan fingerprint density at radius 3 is 2.90 bits per heavy atom. The van der Waals surface area contributed by atoms with Crippen molar-refractivity contribution >= 4 is 17.5 Å². The average Bonchev–Trinajstić information content (AvgIpc) is 2.91. The number of carbonyl (C=O) groups is 1. The van der Waals surface area contributed by atoms with Gasteiger partial charge in [0.2, 0.25) is 0 Å². The lowest BCUT2D eigenvalue weighted by molar-refractivity contribution is 0.0684. The minimum atomic E-state index is -0.635. The van der Waals surface area contributed by atoms with E-state index in [0.29, 0.717) is 12.6 Å². The zero-order chi connectivity index (χ0) is 14.7. The molecule has 5 heteroatoms. The van der Waals surface area contributed by atoms with E-state index in [1.54, 1.807) is 11.0 Å². The fraction of sp³-hybridized carbons (Fsp3) is 0.533. The van der Waals surface area contributed by atoms with Gasteiger partial charge in [0.15, 0.2) is 5.82 Å². The van der Waals surface area contributed by atoms with E-state index in [-0.39, 0.29) is 22.5 Å². The van der Waals surface area contributed by atoms with E-state index in [2.05, 4.69) is 5.32 Å². The van der Waals surface area contributed by atoms with E-state index in [9.17, 15) is 9.18 Å². The average molecular weight is 299 g/mol. The van der Waals surface area contributed by atoms with E-state index < -0.39 is 5.82 Å². The Morgan fingerprint density at radius 1 is 1.55 bits per heavy atom. The number of halogens is 2. The van der Waals surface area contributed by atoms with E-state index in [4.69, 9.17) is 11.6 Å². The number of benzene rings is 1. The number of nitrogens with zero attached hydrogens (tertiary/aromatic N) is 1. The summed E-state index contributed by atoms with van der Waals surface area (Å²) in [6, 6.07) is 4.85. The summed E-state index contributed by atoms with van der Waals surface area (Å²) in [6.07, 6.45) is 2.17. The summed E-state index contributed by atoms with van der Waals surface area (Å²) in [4.78, 5) is 14.3. The van der Waals surface area contributed by atoms with Gasteiger partial charge in [0, 0.05) is 18.6 Å². The highest BCUT2D eigenvalue weighted by Gasteiger charge is 2.26. The van der Waals surface area contributed by atoms with Gasteiger partial charge in [-0.25, -0.2) is 4.39 Å². The second-order valence-electron chi connectivity index (χ2n) is 5.45. The van der Waals surface area contributed by atoms with Crippen molar-refractivity contribution in [3.63, 3.8) is 0 Å². The smallest absolute Gasteiger partial charge is 0.257 e. The van der Waals surface area contributed by atoms with Crippen LogP contribution in [-0.2, 0) is 0 Å². The van der Waals surface area contributed by atoms with Crippen molar-refractivity contribution in [1.82, 2.24) is 10.2 Å². The van der Waals surface area contributed by atoms with Crippen molar-refractivity contribution in [2.75, 3.05) is 13.1 Å². The molecule has 1 aliphatic rings. The first-order valence-corrected chi connectivity index (χ1v) is 7.37. The van der Waals surface area contributed by atoms with Gasteiger partial charge >= 0.3 is 0 Å². The summed E-state index contributed by atoms with van der Waals surface area (Å²) in [5.74, 6) is -0.933. The molecule has 3 nitrogen and oxygen atoms in total. The van der Waals surface area contributed by atoms with Crippen molar-refractivity contribution in [2.45, 2.75) is 38.8 Å². The van der Waals surface area contributed by atoms with Crippen LogP contribution in [0.1, 0.15) is 37.0 Å². The summed E-state index contributed by atoms with van der Waals surface area (Å²) >= 11 is 5.75. The Balaban J connectivity index is 2.19. The van der Waals surface area contributed by atoms with Crippen molar-refractivity contribution < 1.29 is 9.18 Å². The molecule has 1 unspecified atom stereocenters. The standard InChI is InChI=1S/C15H20ClFN2O/c1-10(2)19(9-11-5-4-8-18-11)15(20)12-6-3-7-13(16)14(12)17/h3,6-7,10-11,18H,4-5,8-9H2,1-2H3. The Labute approximate surface area is 124 Å². The third-order valence-electron chi connectivity index (χ3n) is 3.65. The quantitative estimate of drug-likeness (QED) is 0.926. The second kappa shape index (κ2) is 6.55. The molecule has 1 N–H and O–H groups in total. The van der Waals surface area contributed by atoms with Crippen molar-refractivity contribution in [3.8, 4) is 0 Å². The molecule has 1 aromatic rings. The number of hydrogen-bond acceptors (Lipinski definition) is 2. The van der Waals surface area contributed by atoms with Gasteiger partial charge in [-0.1, -0.05) is 17.7 Å². The lowest BCUT2D eigenvalue weighted by Gasteiger charge is -2.29. The predicted octanol–water partition coefficient (Wildman–Crippen LogP) is 3.08. The van der Waals surface area contributed by atoms with Gasteiger partial charge < -0.3 is 10.2 Å². The van der Waals surface area contributed by atoms with Crippen LogP contribution in [-0.4, -0.2) is 36.0 Å². The Hall–Kier alpha value is -1.13. The van der Waals surface area contributed by atoms with E-state index >= 15 is 0 Å². The van der Waals surface area contributed by atoms with Crippen LogP contribution in [0.25, 0.3) is 0 Å². The summed E-state index contributed by atoms with van der Waals surface area (Å²) in [5.41, 5.74) is 0.0456. The summed E-state index contributed by atoms with van der Waals surface area (Å²) < 4.78 is 14.0. The minimum Gasteiger partial charge on any atom is -0.335 e. The van der Waals surface area contributed by atoms with Gasteiger partial charge in [-0.15, -0.1) is 0 Å². The largest absolute Gasteiger partial charge is 0.335 e. The van der Waals surface area contributed by atoms with Crippen LogP contribution in [0.4, 0.5) is 4.39 Å². The number of rotatable bonds is 4. The third kappa shape index (κ3) is 3.30. The van der Waals surface area contributed by atoms with E-state index in [1.807, 2.05) is 13.8 Å². The monoisotopic (exact) mass is 298 g/mol. The van der Waals surface area contributed by atoms with Gasteiger partial charge in [0.05, 0.1) is 10.6 Å². The van der Waals surface area contributed by atoms with Gasteiger partial charge in [-0.2, -0.15) is 0 Å². The normalized spacial score (nSPS) is 18.6. The first-order chi connectivity index (χ1) is 9.50. The molecule has 0 bridgehead atoms. The summed E-state index contributed by atoms with van der Waals surface area (Å²) in [5, 5.41) is 3.35. The fourth-order valence-electron chi connectivity index (χ4n) is 2.50.